The molecule has 0 aliphatic heterocycles. The summed E-state index contributed by atoms with van der Waals surface area (Å²) in [6, 6.07) is 6.94. The fourth-order valence-corrected chi connectivity index (χ4v) is 4.87. The Balaban J connectivity index is 1.52. The van der Waals surface area contributed by atoms with Gasteiger partial charge in [-0.05, 0) is 86.3 Å². The highest BCUT2D eigenvalue weighted by atomic mass is 19.1. The highest BCUT2D eigenvalue weighted by Crippen LogP contribution is 2.45. The smallest absolute Gasteiger partial charge is 0.244 e. The van der Waals surface area contributed by atoms with Gasteiger partial charge in [0.2, 0.25) is 5.91 Å². The summed E-state index contributed by atoms with van der Waals surface area (Å²) in [7, 11) is 0. The van der Waals surface area contributed by atoms with Gasteiger partial charge in [0.05, 0.1) is 12.4 Å². The number of aromatic nitrogens is 2. The highest BCUT2D eigenvalue weighted by Gasteiger charge is 2.32. The summed E-state index contributed by atoms with van der Waals surface area (Å²) < 4.78 is 15.4. The van der Waals surface area contributed by atoms with Gasteiger partial charge in [-0.25, -0.2) is 9.37 Å². The highest BCUT2D eigenvalue weighted by molar-refractivity contribution is 5.88. The lowest BCUT2D eigenvalue weighted by atomic mass is 9.71. The number of imidazole rings is 1. The Morgan fingerprint density at radius 1 is 1.24 bits per heavy atom. The first-order chi connectivity index (χ1) is 17.7. The first kappa shape index (κ1) is 28.1. The van der Waals surface area contributed by atoms with E-state index in [-0.39, 0.29) is 17.1 Å². The summed E-state index contributed by atoms with van der Waals surface area (Å²) in [5, 5.41) is 2.90. The zero-order chi connectivity index (χ0) is 26.8. The SMILES string of the molecule is CC1=C(/C=C/C(C)=C/C=C/C(C)=C\C(=O)NCCCc2cccc(F)c2)C(C)(C)CCC1n1ccnc1. The van der Waals surface area contributed by atoms with E-state index >= 15 is 0 Å². The monoisotopic (exact) mass is 501 g/mol. The minimum absolute atomic E-state index is 0.114. The number of halogens is 1. The second-order valence-corrected chi connectivity index (χ2v) is 10.6. The lowest BCUT2D eigenvalue weighted by Gasteiger charge is -2.37. The molecule has 3 rings (SSSR count). The van der Waals surface area contributed by atoms with Crippen molar-refractivity contribution in [2.75, 3.05) is 6.54 Å². The lowest BCUT2D eigenvalue weighted by Crippen LogP contribution is -2.25. The van der Waals surface area contributed by atoms with Gasteiger partial charge in [0.15, 0.2) is 0 Å². The number of allylic oxidation sites excluding steroid dienone is 9. The fraction of sp³-hybridized carbons (Fsp3) is 0.375. The van der Waals surface area contributed by atoms with Crippen molar-refractivity contribution in [3.05, 3.63) is 113 Å². The maximum absolute atomic E-state index is 13.2. The zero-order valence-electron chi connectivity index (χ0n) is 22.8. The molecule has 1 aromatic carbocycles. The molecule has 0 saturated carbocycles. The average molecular weight is 502 g/mol. The van der Waals surface area contributed by atoms with E-state index < -0.39 is 0 Å². The number of hydrogen-bond donors (Lipinski definition) is 1. The molecule has 1 unspecified atom stereocenters. The van der Waals surface area contributed by atoms with E-state index in [9.17, 15) is 9.18 Å². The number of nitrogens with zero attached hydrogens (tertiary/aromatic N) is 2. The van der Waals surface area contributed by atoms with Crippen molar-refractivity contribution in [3.8, 4) is 0 Å². The standard InChI is InChI=1S/C32H40FN3O/c1-24(14-15-29-26(3)30(16-17-32(29,4)5)36-20-19-34-23-36)9-6-10-25(2)21-31(37)35-18-8-12-27-11-7-13-28(33)22-27/h6-7,9-11,13-15,19-23,30H,8,12,16-18H2,1-5H3,(H,35,37)/b10-6+,15-14+,24-9+,25-21-. The molecule has 1 aliphatic rings. The molecule has 0 radical (unpaired) electrons. The number of aryl methyl sites for hydroxylation is 1. The number of nitrogens with one attached hydrogen (secondary N) is 1. The number of amides is 1. The maximum Gasteiger partial charge on any atom is 0.244 e. The molecule has 1 N–H and O–H groups in total. The van der Waals surface area contributed by atoms with Crippen LogP contribution in [0.15, 0.2) is 102 Å². The second kappa shape index (κ2) is 13.2. The van der Waals surface area contributed by atoms with E-state index in [1.807, 2.05) is 43.9 Å². The van der Waals surface area contributed by atoms with Crippen LogP contribution in [-0.4, -0.2) is 22.0 Å². The maximum atomic E-state index is 13.2. The van der Waals surface area contributed by atoms with Crippen LogP contribution in [0.4, 0.5) is 4.39 Å². The minimum Gasteiger partial charge on any atom is -0.353 e. The van der Waals surface area contributed by atoms with Gasteiger partial charge in [-0.15, -0.1) is 0 Å². The van der Waals surface area contributed by atoms with E-state index in [0.29, 0.717) is 12.6 Å². The summed E-state index contributed by atoms with van der Waals surface area (Å²) in [4.78, 5) is 16.4. The van der Waals surface area contributed by atoms with E-state index in [1.54, 1.807) is 12.1 Å². The summed E-state index contributed by atoms with van der Waals surface area (Å²) in [6.07, 6.45) is 21.6. The van der Waals surface area contributed by atoms with Crippen molar-refractivity contribution >= 4 is 5.91 Å². The van der Waals surface area contributed by atoms with Gasteiger partial charge in [0.1, 0.15) is 5.82 Å². The molecule has 0 spiro atoms. The number of hydrogen-bond acceptors (Lipinski definition) is 2. The molecule has 0 fully saturated rings. The molecule has 2 aromatic rings. The van der Waals surface area contributed by atoms with Gasteiger partial charge < -0.3 is 9.88 Å². The first-order valence-corrected chi connectivity index (χ1v) is 13.1. The molecule has 196 valence electrons. The Labute approximate surface area is 221 Å². The van der Waals surface area contributed by atoms with E-state index in [1.165, 1.54) is 23.3 Å². The Morgan fingerprint density at radius 2 is 2.05 bits per heavy atom. The van der Waals surface area contributed by atoms with Crippen LogP contribution >= 0.6 is 0 Å². The van der Waals surface area contributed by atoms with Crippen molar-refractivity contribution in [1.82, 2.24) is 14.9 Å². The van der Waals surface area contributed by atoms with Crippen molar-refractivity contribution < 1.29 is 9.18 Å². The summed E-state index contributed by atoms with van der Waals surface area (Å²) in [5.41, 5.74) is 5.89. The topological polar surface area (TPSA) is 46.9 Å². The molecule has 1 amide bonds. The molecule has 37 heavy (non-hydrogen) atoms. The Kier molecular flexibility index (Phi) is 10.0. The first-order valence-electron chi connectivity index (χ1n) is 13.1. The molecule has 0 saturated heterocycles. The third kappa shape index (κ3) is 8.56. The Hall–Kier alpha value is -3.47. The van der Waals surface area contributed by atoms with Crippen molar-refractivity contribution in [2.45, 2.75) is 66.3 Å². The van der Waals surface area contributed by atoms with Crippen LogP contribution in [0.25, 0.3) is 0 Å². The molecule has 4 nitrogen and oxygen atoms in total. The van der Waals surface area contributed by atoms with Crippen LogP contribution in [-0.2, 0) is 11.2 Å². The van der Waals surface area contributed by atoms with Crippen molar-refractivity contribution in [2.24, 2.45) is 5.41 Å². The third-order valence-electron chi connectivity index (χ3n) is 7.00. The fourth-order valence-electron chi connectivity index (χ4n) is 4.87. The van der Waals surface area contributed by atoms with Gasteiger partial charge in [0, 0.05) is 25.0 Å². The summed E-state index contributed by atoms with van der Waals surface area (Å²) >= 11 is 0. The van der Waals surface area contributed by atoms with Gasteiger partial charge in [-0.3, -0.25) is 4.79 Å². The summed E-state index contributed by atoms with van der Waals surface area (Å²) in [5.74, 6) is -0.340. The van der Waals surface area contributed by atoms with Crippen LogP contribution in [0.5, 0.6) is 0 Å². The molecule has 5 heteroatoms. The van der Waals surface area contributed by atoms with Crippen molar-refractivity contribution in [3.63, 3.8) is 0 Å². The van der Waals surface area contributed by atoms with Crippen LogP contribution < -0.4 is 5.32 Å². The molecular weight excluding hydrogens is 461 g/mol. The number of carbonyl (C=O) groups excluding carboxylic acids is 1. The zero-order valence-corrected chi connectivity index (χ0v) is 22.8. The van der Waals surface area contributed by atoms with Crippen LogP contribution in [0.3, 0.4) is 0 Å². The summed E-state index contributed by atoms with van der Waals surface area (Å²) in [6.45, 7) is 11.4. The Bertz CT molecular complexity index is 1210. The Morgan fingerprint density at radius 3 is 2.78 bits per heavy atom. The van der Waals surface area contributed by atoms with Gasteiger partial charge in [-0.2, -0.15) is 0 Å². The lowest BCUT2D eigenvalue weighted by molar-refractivity contribution is -0.116. The van der Waals surface area contributed by atoms with Crippen LogP contribution in [0.1, 0.15) is 65.5 Å². The van der Waals surface area contributed by atoms with Crippen LogP contribution in [0.2, 0.25) is 0 Å². The number of carbonyl (C=O) groups is 1. The average Bonchev–Trinajstić information content (AvgIpc) is 3.36. The molecular formula is C32H40FN3O. The number of rotatable bonds is 10. The molecule has 1 atom stereocenters. The predicted octanol–water partition coefficient (Wildman–Crippen LogP) is 7.45. The van der Waals surface area contributed by atoms with Crippen LogP contribution in [0, 0.1) is 11.2 Å². The largest absolute Gasteiger partial charge is 0.353 e. The van der Waals surface area contributed by atoms with E-state index in [0.717, 1.165) is 42.4 Å². The normalized spacial score (nSPS) is 18.7. The number of benzene rings is 1. The third-order valence-corrected chi connectivity index (χ3v) is 7.00. The molecule has 1 heterocycles. The van der Waals surface area contributed by atoms with Gasteiger partial charge in [0.25, 0.3) is 0 Å². The van der Waals surface area contributed by atoms with E-state index in [4.69, 9.17) is 0 Å². The van der Waals surface area contributed by atoms with Gasteiger partial charge in [-0.1, -0.05) is 61.9 Å². The molecule has 1 aromatic heterocycles. The van der Waals surface area contributed by atoms with E-state index in [2.05, 4.69) is 60.8 Å². The quantitative estimate of drug-likeness (QED) is 0.209. The van der Waals surface area contributed by atoms with Crippen molar-refractivity contribution in [1.29, 1.82) is 0 Å². The second-order valence-electron chi connectivity index (χ2n) is 10.6. The van der Waals surface area contributed by atoms with Gasteiger partial charge >= 0.3 is 0 Å². The predicted molar refractivity (Wildman–Crippen MR) is 151 cm³/mol. The molecule has 1 aliphatic carbocycles. The molecule has 0 bridgehead atoms. The minimum atomic E-state index is -0.226.